The van der Waals surface area contributed by atoms with Gasteiger partial charge in [0.2, 0.25) is 5.75 Å². The van der Waals surface area contributed by atoms with Crippen LogP contribution in [-0.4, -0.2) is 44.2 Å². The van der Waals surface area contributed by atoms with Gasteiger partial charge in [-0.2, -0.15) is 13.2 Å². The highest BCUT2D eigenvalue weighted by molar-refractivity contribution is 5.92. The second kappa shape index (κ2) is 9.70. The van der Waals surface area contributed by atoms with Crippen molar-refractivity contribution in [3.8, 4) is 28.6 Å². The molecule has 0 N–H and O–H groups in total. The van der Waals surface area contributed by atoms with Gasteiger partial charge in [0, 0.05) is 31.5 Å². The molecule has 0 saturated carbocycles. The summed E-state index contributed by atoms with van der Waals surface area (Å²) in [5.74, 6) is 1.63. The Balaban J connectivity index is 1.40. The molecule has 0 atom stereocenters. The van der Waals surface area contributed by atoms with Gasteiger partial charge in [-0.25, -0.2) is 0 Å². The van der Waals surface area contributed by atoms with Gasteiger partial charge in [0.15, 0.2) is 17.3 Å². The normalized spacial score (nSPS) is 14.7. The van der Waals surface area contributed by atoms with Crippen LogP contribution in [0.1, 0.15) is 29.0 Å². The van der Waals surface area contributed by atoms with Crippen LogP contribution in [-0.2, 0) is 6.18 Å². The van der Waals surface area contributed by atoms with E-state index in [1.54, 1.807) is 31.3 Å². The number of alkyl halides is 3. The molecule has 0 aliphatic carbocycles. The number of hydrogen-bond donors (Lipinski definition) is 0. The Labute approximate surface area is 194 Å². The van der Waals surface area contributed by atoms with E-state index in [2.05, 4.69) is 0 Å². The fourth-order valence-electron chi connectivity index (χ4n) is 3.89. The fourth-order valence-corrected chi connectivity index (χ4v) is 3.89. The molecular weight excluding hydrogens is 451 g/mol. The number of para-hydroxylation sites is 1. The molecule has 1 fully saturated rings. The maximum atomic E-state index is 13.0. The molecule has 1 amide bonds. The van der Waals surface area contributed by atoms with E-state index in [4.69, 9.17) is 18.6 Å². The summed E-state index contributed by atoms with van der Waals surface area (Å²) in [6.07, 6.45) is -3.41. The first kappa shape index (κ1) is 23.5. The zero-order valence-corrected chi connectivity index (χ0v) is 18.7. The number of carbonyl (C=O) groups is 1. The largest absolute Gasteiger partial charge is 0.493 e. The van der Waals surface area contributed by atoms with Gasteiger partial charge in [-0.3, -0.25) is 4.79 Å². The van der Waals surface area contributed by atoms with E-state index in [9.17, 15) is 18.0 Å². The molecular formula is C25H24F3NO5. The Bertz CT molecular complexity index is 1130. The SMILES string of the molecule is COc1cccc(OC)c1OC1CCN(C(=O)c2ccc(-c3cccc(C(F)(F)F)c3)o2)CC1. The highest BCUT2D eigenvalue weighted by Gasteiger charge is 2.31. The first-order valence-corrected chi connectivity index (χ1v) is 10.7. The van der Waals surface area contributed by atoms with E-state index in [1.165, 1.54) is 24.3 Å². The molecule has 180 valence electrons. The predicted octanol–water partition coefficient (Wildman–Crippen LogP) is 5.67. The molecule has 1 aliphatic rings. The zero-order valence-electron chi connectivity index (χ0n) is 18.7. The van der Waals surface area contributed by atoms with Crippen molar-refractivity contribution in [2.45, 2.75) is 25.1 Å². The zero-order chi connectivity index (χ0) is 24.3. The van der Waals surface area contributed by atoms with Crippen LogP contribution in [0.5, 0.6) is 17.2 Å². The summed E-state index contributed by atoms with van der Waals surface area (Å²) < 4.78 is 61.5. The van der Waals surface area contributed by atoms with Gasteiger partial charge in [0.05, 0.1) is 19.8 Å². The summed E-state index contributed by atoms with van der Waals surface area (Å²) in [6.45, 7) is 0.890. The van der Waals surface area contributed by atoms with E-state index in [1.807, 2.05) is 6.07 Å². The molecule has 2 aromatic carbocycles. The Kier molecular flexibility index (Phi) is 6.72. The number of furan rings is 1. The van der Waals surface area contributed by atoms with Crippen LogP contribution in [0.3, 0.4) is 0 Å². The summed E-state index contributed by atoms with van der Waals surface area (Å²) in [5, 5.41) is 0. The van der Waals surface area contributed by atoms with Gasteiger partial charge >= 0.3 is 6.18 Å². The van der Waals surface area contributed by atoms with Crippen LogP contribution in [0, 0.1) is 0 Å². The maximum Gasteiger partial charge on any atom is 0.416 e. The lowest BCUT2D eigenvalue weighted by Crippen LogP contribution is -2.41. The van der Waals surface area contributed by atoms with E-state index in [0.717, 1.165) is 12.1 Å². The summed E-state index contributed by atoms with van der Waals surface area (Å²) in [4.78, 5) is 14.6. The minimum atomic E-state index is -4.46. The topological polar surface area (TPSA) is 61.1 Å². The predicted molar refractivity (Wildman–Crippen MR) is 118 cm³/mol. The standard InChI is InChI=1S/C25H24F3NO5/c1-31-20-7-4-8-21(32-2)23(20)33-18-11-13-29(14-12-18)24(30)22-10-9-19(34-22)16-5-3-6-17(15-16)25(26,27)28/h3-10,15,18H,11-14H2,1-2H3. The minimum absolute atomic E-state index is 0.0816. The molecule has 9 heteroatoms. The number of benzene rings is 2. The number of methoxy groups -OCH3 is 2. The second-order valence-electron chi connectivity index (χ2n) is 7.84. The van der Waals surface area contributed by atoms with Crippen molar-refractivity contribution >= 4 is 5.91 Å². The highest BCUT2D eigenvalue weighted by atomic mass is 19.4. The van der Waals surface area contributed by atoms with E-state index < -0.39 is 11.7 Å². The third-order valence-electron chi connectivity index (χ3n) is 5.69. The van der Waals surface area contributed by atoms with E-state index >= 15 is 0 Å². The lowest BCUT2D eigenvalue weighted by molar-refractivity contribution is -0.137. The van der Waals surface area contributed by atoms with Crippen molar-refractivity contribution in [1.82, 2.24) is 4.90 Å². The fraction of sp³-hybridized carbons (Fsp3) is 0.320. The van der Waals surface area contributed by atoms with Crippen LogP contribution < -0.4 is 14.2 Å². The molecule has 0 radical (unpaired) electrons. The molecule has 1 aliphatic heterocycles. The van der Waals surface area contributed by atoms with Gasteiger partial charge in [0.25, 0.3) is 5.91 Å². The van der Waals surface area contributed by atoms with Gasteiger partial charge in [-0.05, 0) is 36.4 Å². The molecule has 6 nitrogen and oxygen atoms in total. The van der Waals surface area contributed by atoms with Crippen molar-refractivity contribution in [2.24, 2.45) is 0 Å². The number of ether oxygens (including phenoxy) is 3. The molecule has 1 aromatic heterocycles. The van der Waals surface area contributed by atoms with Gasteiger partial charge in [-0.1, -0.05) is 18.2 Å². The maximum absolute atomic E-state index is 13.0. The molecule has 0 spiro atoms. The summed E-state index contributed by atoms with van der Waals surface area (Å²) >= 11 is 0. The second-order valence-corrected chi connectivity index (χ2v) is 7.84. The quantitative estimate of drug-likeness (QED) is 0.460. The third-order valence-corrected chi connectivity index (χ3v) is 5.69. The number of amides is 1. The first-order valence-electron chi connectivity index (χ1n) is 10.7. The molecule has 2 heterocycles. The van der Waals surface area contributed by atoms with Crippen LogP contribution in [0.4, 0.5) is 13.2 Å². The molecule has 4 rings (SSSR count). The van der Waals surface area contributed by atoms with Crippen molar-refractivity contribution in [2.75, 3.05) is 27.3 Å². The first-order chi connectivity index (χ1) is 16.3. The summed E-state index contributed by atoms with van der Waals surface area (Å²) in [7, 11) is 3.11. The summed E-state index contributed by atoms with van der Waals surface area (Å²) in [6, 6.07) is 13.2. The van der Waals surface area contributed by atoms with E-state index in [0.29, 0.717) is 43.2 Å². The van der Waals surface area contributed by atoms with Crippen LogP contribution in [0.25, 0.3) is 11.3 Å². The third kappa shape index (κ3) is 4.98. The summed E-state index contributed by atoms with van der Waals surface area (Å²) in [5.41, 5.74) is -0.519. The Hall–Kier alpha value is -3.62. The number of likely N-dealkylation sites (tertiary alicyclic amines) is 1. The lowest BCUT2D eigenvalue weighted by atomic mass is 10.1. The number of rotatable bonds is 6. The molecule has 0 unspecified atom stereocenters. The number of carbonyl (C=O) groups excluding carboxylic acids is 1. The molecule has 34 heavy (non-hydrogen) atoms. The average Bonchev–Trinajstić information content (AvgIpc) is 3.34. The average molecular weight is 475 g/mol. The van der Waals surface area contributed by atoms with Crippen LogP contribution in [0.2, 0.25) is 0 Å². The van der Waals surface area contributed by atoms with Gasteiger partial charge in [-0.15, -0.1) is 0 Å². The van der Waals surface area contributed by atoms with Gasteiger partial charge in [0.1, 0.15) is 11.9 Å². The molecule has 3 aromatic rings. The van der Waals surface area contributed by atoms with Crippen LogP contribution in [0.15, 0.2) is 59.0 Å². The van der Waals surface area contributed by atoms with E-state index in [-0.39, 0.29) is 29.1 Å². The number of hydrogen-bond acceptors (Lipinski definition) is 5. The monoisotopic (exact) mass is 475 g/mol. The molecule has 1 saturated heterocycles. The molecule has 0 bridgehead atoms. The minimum Gasteiger partial charge on any atom is -0.493 e. The van der Waals surface area contributed by atoms with Crippen LogP contribution >= 0.6 is 0 Å². The Morgan fingerprint density at radius 2 is 1.62 bits per heavy atom. The Morgan fingerprint density at radius 3 is 2.24 bits per heavy atom. The van der Waals surface area contributed by atoms with Crippen molar-refractivity contribution in [3.05, 3.63) is 65.9 Å². The number of piperidine rings is 1. The van der Waals surface area contributed by atoms with Gasteiger partial charge < -0.3 is 23.5 Å². The van der Waals surface area contributed by atoms with Crippen molar-refractivity contribution in [1.29, 1.82) is 0 Å². The number of nitrogens with zero attached hydrogens (tertiary/aromatic N) is 1. The number of halogens is 3. The smallest absolute Gasteiger partial charge is 0.416 e. The van der Waals surface area contributed by atoms with Crippen molar-refractivity contribution < 1.29 is 36.6 Å². The highest BCUT2D eigenvalue weighted by Crippen LogP contribution is 2.38. The lowest BCUT2D eigenvalue weighted by Gasteiger charge is -2.32. The Morgan fingerprint density at radius 1 is 0.971 bits per heavy atom. The van der Waals surface area contributed by atoms with Crippen molar-refractivity contribution in [3.63, 3.8) is 0 Å².